The molecular weight excluding hydrogens is 529 g/mol. The third kappa shape index (κ3) is 5.33. The second kappa shape index (κ2) is 9.87. The van der Waals surface area contributed by atoms with Gasteiger partial charge in [0.25, 0.3) is 5.56 Å². The van der Waals surface area contributed by atoms with Gasteiger partial charge in [0, 0.05) is 19.2 Å². The first-order valence-corrected chi connectivity index (χ1v) is 11.3. The molecule has 0 saturated carbocycles. The fourth-order valence-corrected chi connectivity index (χ4v) is 3.49. The van der Waals surface area contributed by atoms with Crippen LogP contribution in [0.1, 0.15) is 5.69 Å². The van der Waals surface area contributed by atoms with Gasteiger partial charge < -0.3 is 9.47 Å². The van der Waals surface area contributed by atoms with Gasteiger partial charge in [-0.1, -0.05) is 12.1 Å². The molecule has 0 amide bonds. The molecule has 0 aliphatic heterocycles. The van der Waals surface area contributed by atoms with E-state index < -0.39 is 28.6 Å². The summed E-state index contributed by atoms with van der Waals surface area (Å²) in [5.74, 6) is 0.664. The van der Waals surface area contributed by atoms with Crippen molar-refractivity contribution in [2.75, 3.05) is 6.26 Å². The van der Waals surface area contributed by atoms with Gasteiger partial charge in [0.1, 0.15) is 11.4 Å². The van der Waals surface area contributed by atoms with Crippen LogP contribution in [0.25, 0.3) is 5.69 Å². The van der Waals surface area contributed by atoms with Gasteiger partial charge in [0.2, 0.25) is 0 Å². The molecule has 0 saturated heterocycles. The van der Waals surface area contributed by atoms with Gasteiger partial charge in [-0.15, -0.1) is 11.8 Å². The third-order valence-electron chi connectivity index (χ3n) is 4.44. The van der Waals surface area contributed by atoms with Crippen molar-refractivity contribution in [3.63, 3.8) is 0 Å². The number of para-hydroxylation sites is 2. The Balaban J connectivity index is 2.06. The maximum Gasteiger partial charge on any atom is 0.431 e. The minimum atomic E-state index is -4.86. The van der Waals surface area contributed by atoms with Crippen molar-refractivity contribution >= 4 is 34.0 Å². The molecule has 0 aliphatic carbocycles. The molecule has 0 bridgehead atoms. The van der Waals surface area contributed by atoms with Crippen molar-refractivity contribution in [2.45, 2.75) is 11.6 Å². The Bertz CT molecular complexity index is 1310. The van der Waals surface area contributed by atoms with E-state index in [1.807, 2.05) is 0 Å². The van der Waals surface area contributed by atoms with E-state index in [2.05, 4.69) is 15.9 Å². The lowest BCUT2D eigenvalue weighted by Crippen LogP contribution is -2.40. The van der Waals surface area contributed by atoms with Gasteiger partial charge in [0.15, 0.2) is 23.2 Å². The molecule has 1 atom stereocenters. The normalized spacial score (nSPS) is 12.3. The van der Waals surface area contributed by atoms with Crippen molar-refractivity contribution in [1.82, 2.24) is 9.13 Å². The molecule has 7 nitrogen and oxygen atoms in total. The smallest absolute Gasteiger partial charge is 0.431 e. The summed E-state index contributed by atoms with van der Waals surface area (Å²) in [5.41, 5.74) is -4.43. The molecular formula is C21H16BrF3N2O5S. The number of rotatable bonds is 7. The number of thioether (sulfide) groups is 1. The number of halogens is 4. The Labute approximate surface area is 197 Å². The Kier molecular flexibility index (Phi) is 7.38. The molecule has 1 unspecified atom stereocenters. The molecule has 174 valence electrons. The van der Waals surface area contributed by atoms with Gasteiger partial charge in [-0.2, -0.15) is 13.2 Å². The lowest BCUT2D eigenvalue weighted by atomic mass is 10.2. The molecule has 0 aliphatic rings. The fraction of sp³-hybridized carbons (Fsp3) is 0.190. The zero-order valence-electron chi connectivity index (χ0n) is 17.1. The summed E-state index contributed by atoms with van der Waals surface area (Å²) in [6.45, 7) is 0. The summed E-state index contributed by atoms with van der Waals surface area (Å²) in [5, 5.41) is 0. The van der Waals surface area contributed by atoms with E-state index in [0.717, 1.165) is 7.05 Å². The number of carbonyl (C=O) groups is 1. The minimum absolute atomic E-state index is 0.000746. The lowest BCUT2D eigenvalue weighted by molar-refractivity contribution is -0.144. The lowest BCUT2D eigenvalue weighted by Gasteiger charge is -2.17. The number of aldehydes is 1. The summed E-state index contributed by atoms with van der Waals surface area (Å²) in [4.78, 5) is 36.1. The highest BCUT2D eigenvalue weighted by atomic mass is 79.9. The summed E-state index contributed by atoms with van der Waals surface area (Å²) < 4.78 is 52.2. The zero-order valence-corrected chi connectivity index (χ0v) is 19.5. The van der Waals surface area contributed by atoms with E-state index in [1.54, 1.807) is 30.5 Å². The number of aromatic nitrogens is 2. The molecule has 12 heteroatoms. The zero-order chi connectivity index (χ0) is 24.3. The number of benzene rings is 2. The van der Waals surface area contributed by atoms with Crippen molar-refractivity contribution in [2.24, 2.45) is 7.05 Å². The van der Waals surface area contributed by atoms with Crippen molar-refractivity contribution < 1.29 is 27.4 Å². The summed E-state index contributed by atoms with van der Waals surface area (Å²) in [7, 11) is 0.931. The molecule has 1 aromatic heterocycles. The number of ether oxygens (including phenoxy) is 2. The van der Waals surface area contributed by atoms with E-state index in [1.165, 1.54) is 30.0 Å². The first kappa shape index (κ1) is 24.6. The summed E-state index contributed by atoms with van der Waals surface area (Å²) >= 11 is 4.49. The van der Waals surface area contributed by atoms with Crippen LogP contribution in [0, 0.1) is 0 Å². The van der Waals surface area contributed by atoms with Gasteiger partial charge in [-0.25, -0.2) is 9.36 Å². The van der Waals surface area contributed by atoms with E-state index in [0.29, 0.717) is 26.0 Å². The molecule has 0 fully saturated rings. The van der Waals surface area contributed by atoms with E-state index >= 15 is 0 Å². The number of carbonyl (C=O) groups excluding carboxylic acids is 1. The molecule has 0 N–H and O–H groups in total. The van der Waals surface area contributed by atoms with Gasteiger partial charge in [-0.05, 0) is 46.5 Å². The fourth-order valence-electron chi connectivity index (χ4n) is 2.85. The average Bonchev–Trinajstić information content (AvgIpc) is 2.77. The number of hydrogen-bond donors (Lipinski definition) is 0. The van der Waals surface area contributed by atoms with Crippen LogP contribution in [-0.4, -0.2) is 27.1 Å². The SMILES string of the molecule is CSC(C=O)Oc1ccccc1Oc1cc(-n2c(=O)cc(C(F)(F)F)n(C)c2=O)ccc1Br. The van der Waals surface area contributed by atoms with Crippen LogP contribution < -0.4 is 20.7 Å². The van der Waals surface area contributed by atoms with E-state index in [-0.39, 0.29) is 22.9 Å². The highest BCUT2D eigenvalue weighted by Crippen LogP contribution is 2.37. The standard InChI is InChI=1S/C21H16BrF3N2O5S/c1-26-17(21(23,24)25)10-18(29)27(20(26)30)12-7-8-13(22)16(9-12)31-14-5-3-4-6-15(14)32-19(11-28)33-2/h3-11,19H,1-2H3. The van der Waals surface area contributed by atoms with E-state index in [9.17, 15) is 27.6 Å². The second-order valence-corrected chi connectivity index (χ2v) is 8.35. The molecule has 3 rings (SSSR count). The molecule has 33 heavy (non-hydrogen) atoms. The Morgan fingerprint density at radius 3 is 2.33 bits per heavy atom. The van der Waals surface area contributed by atoms with Crippen molar-refractivity contribution in [3.8, 4) is 22.9 Å². The monoisotopic (exact) mass is 544 g/mol. The maximum atomic E-state index is 13.1. The van der Waals surface area contributed by atoms with Crippen LogP contribution in [0.15, 0.2) is 62.6 Å². The number of nitrogens with zero attached hydrogens (tertiary/aromatic N) is 2. The summed E-state index contributed by atoms with van der Waals surface area (Å²) in [6, 6.07) is 11.1. The Hall–Kier alpha value is -2.99. The van der Waals surface area contributed by atoms with Crippen LogP contribution in [0.5, 0.6) is 17.2 Å². The highest BCUT2D eigenvalue weighted by molar-refractivity contribution is 9.10. The predicted octanol–water partition coefficient (Wildman–Crippen LogP) is 4.38. The maximum absolute atomic E-state index is 13.1. The first-order valence-electron chi connectivity index (χ1n) is 9.18. The largest absolute Gasteiger partial charge is 0.468 e. The van der Waals surface area contributed by atoms with Crippen LogP contribution in [0.2, 0.25) is 0 Å². The molecule has 0 radical (unpaired) electrons. The predicted molar refractivity (Wildman–Crippen MR) is 120 cm³/mol. The molecule has 1 heterocycles. The molecule has 3 aromatic rings. The topological polar surface area (TPSA) is 79.5 Å². The minimum Gasteiger partial charge on any atom is -0.468 e. The molecule has 2 aromatic carbocycles. The van der Waals surface area contributed by atoms with Crippen LogP contribution in [0.4, 0.5) is 13.2 Å². The van der Waals surface area contributed by atoms with E-state index in [4.69, 9.17) is 9.47 Å². The van der Waals surface area contributed by atoms with Crippen molar-refractivity contribution in [3.05, 3.63) is 79.5 Å². The Morgan fingerprint density at radius 1 is 1.06 bits per heavy atom. The highest BCUT2D eigenvalue weighted by Gasteiger charge is 2.35. The quantitative estimate of drug-likeness (QED) is 0.324. The second-order valence-electron chi connectivity index (χ2n) is 6.56. The Morgan fingerprint density at radius 2 is 1.73 bits per heavy atom. The van der Waals surface area contributed by atoms with Crippen LogP contribution in [0.3, 0.4) is 0 Å². The van der Waals surface area contributed by atoms with Crippen LogP contribution >= 0.6 is 27.7 Å². The van der Waals surface area contributed by atoms with Gasteiger partial charge in [-0.3, -0.25) is 14.2 Å². The molecule has 0 spiro atoms. The third-order valence-corrected chi connectivity index (χ3v) is 5.77. The average molecular weight is 545 g/mol. The van der Waals surface area contributed by atoms with Crippen LogP contribution in [-0.2, 0) is 18.0 Å². The number of hydrogen-bond acceptors (Lipinski definition) is 6. The number of alkyl halides is 3. The summed E-state index contributed by atoms with van der Waals surface area (Å²) in [6.07, 6.45) is -2.53. The van der Waals surface area contributed by atoms with Crippen molar-refractivity contribution in [1.29, 1.82) is 0 Å². The van der Waals surface area contributed by atoms with Gasteiger partial charge >= 0.3 is 11.9 Å². The van der Waals surface area contributed by atoms with Gasteiger partial charge in [0.05, 0.1) is 10.2 Å². The first-order chi connectivity index (χ1) is 15.6.